The van der Waals surface area contributed by atoms with Gasteiger partial charge < -0.3 is 0 Å². The largest absolute Gasteiger partial charge is 0.294 e. The van der Waals surface area contributed by atoms with E-state index in [9.17, 15) is 9.59 Å². The normalized spacial score (nSPS) is 21.1. The van der Waals surface area contributed by atoms with Gasteiger partial charge in [-0.1, -0.05) is 60.8 Å². The number of hydrogen-bond acceptors (Lipinski definition) is 2. The number of halogens is 2. The van der Waals surface area contributed by atoms with Crippen LogP contribution < -0.4 is 4.90 Å². The monoisotopic (exact) mass is 441 g/mol. The number of hydrogen-bond donors (Lipinski definition) is 0. The van der Waals surface area contributed by atoms with Gasteiger partial charge in [0.1, 0.15) is 0 Å². The van der Waals surface area contributed by atoms with Crippen LogP contribution in [-0.4, -0.2) is 11.7 Å². The van der Waals surface area contributed by atoms with Crippen LogP contribution in [0.25, 0.3) is 0 Å². The molecule has 2 aromatic carbocycles. The summed E-state index contributed by atoms with van der Waals surface area (Å²) < 4.78 is 0. The number of Topliss-reactive ketones (excluding diaryl/α,β-unsaturated/α-hetero) is 1. The number of allylic oxidation sites excluding steroid dienone is 2. The molecule has 1 heterocycles. The average molecular weight is 442 g/mol. The van der Waals surface area contributed by atoms with Gasteiger partial charge in [0.15, 0.2) is 5.78 Å². The third-order valence-electron chi connectivity index (χ3n) is 6.08. The Kier molecular flexibility index (Phi) is 5.32. The zero-order chi connectivity index (χ0) is 21.8. The lowest BCUT2D eigenvalue weighted by molar-refractivity contribution is -0.121. The molecule has 1 aliphatic carbocycles. The molecular weight excluding hydrogens is 417 g/mol. The van der Waals surface area contributed by atoms with Gasteiger partial charge >= 0.3 is 0 Å². The van der Waals surface area contributed by atoms with E-state index in [4.69, 9.17) is 23.2 Å². The fourth-order valence-corrected chi connectivity index (χ4v) is 5.50. The second-order valence-electron chi connectivity index (χ2n) is 9.21. The highest BCUT2D eigenvalue weighted by Crippen LogP contribution is 2.50. The second kappa shape index (κ2) is 7.55. The number of ketones is 1. The second-order valence-corrected chi connectivity index (χ2v) is 10.0. The Bertz CT molecular complexity index is 1080. The summed E-state index contributed by atoms with van der Waals surface area (Å²) in [4.78, 5) is 28.7. The van der Waals surface area contributed by atoms with E-state index < -0.39 is 5.92 Å². The Morgan fingerprint density at radius 2 is 1.67 bits per heavy atom. The predicted molar refractivity (Wildman–Crippen MR) is 122 cm³/mol. The van der Waals surface area contributed by atoms with Crippen molar-refractivity contribution >= 4 is 40.6 Å². The topological polar surface area (TPSA) is 37.4 Å². The molecule has 4 rings (SSSR count). The van der Waals surface area contributed by atoms with E-state index in [1.807, 2.05) is 26.0 Å². The molecule has 2 aliphatic rings. The summed E-state index contributed by atoms with van der Waals surface area (Å²) in [5.41, 5.74) is 4.92. The summed E-state index contributed by atoms with van der Waals surface area (Å²) in [7, 11) is 0. The average Bonchev–Trinajstić information content (AvgIpc) is 2.61. The molecule has 1 aliphatic heterocycles. The minimum atomic E-state index is -0.417. The van der Waals surface area contributed by atoms with Crippen molar-refractivity contribution < 1.29 is 9.59 Å². The number of carbonyl (C=O) groups excluding carboxylic acids is 2. The Balaban J connectivity index is 1.96. The predicted octanol–water partition coefficient (Wildman–Crippen LogP) is 6.77. The molecule has 5 heteroatoms. The standard InChI is InChI=1S/C25H25Cl2NO2/c1-14-8-9-19(15(2)10-14)28-20-12-25(3,4)13-21(29)24(20)16(11-22(28)30)23-17(26)6-5-7-18(23)27/h5-10,16H,11-13H2,1-4H3. The van der Waals surface area contributed by atoms with Crippen LogP contribution in [-0.2, 0) is 9.59 Å². The fraction of sp³-hybridized carbons (Fsp3) is 0.360. The molecule has 2 aromatic rings. The number of rotatable bonds is 2. The van der Waals surface area contributed by atoms with Crippen molar-refractivity contribution in [3.8, 4) is 0 Å². The van der Waals surface area contributed by atoms with E-state index in [0.717, 1.165) is 22.5 Å². The zero-order valence-electron chi connectivity index (χ0n) is 17.7. The first kappa shape index (κ1) is 21.1. The maximum Gasteiger partial charge on any atom is 0.232 e. The van der Waals surface area contributed by atoms with Crippen molar-refractivity contribution in [2.75, 3.05) is 4.90 Å². The molecule has 0 radical (unpaired) electrons. The lowest BCUT2D eigenvalue weighted by Crippen LogP contribution is -2.44. The van der Waals surface area contributed by atoms with Crippen LogP contribution in [0.1, 0.15) is 55.7 Å². The minimum Gasteiger partial charge on any atom is -0.294 e. The molecule has 0 saturated heterocycles. The summed E-state index contributed by atoms with van der Waals surface area (Å²) in [6, 6.07) is 11.4. The quantitative estimate of drug-likeness (QED) is 0.515. The maximum absolute atomic E-state index is 13.5. The van der Waals surface area contributed by atoms with E-state index in [0.29, 0.717) is 34.0 Å². The van der Waals surface area contributed by atoms with Crippen molar-refractivity contribution in [3.63, 3.8) is 0 Å². The number of aryl methyl sites for hydroxylation is 2. The third-order valence-corrected chi connectivity index (χ3v) is 6.74. The van der Waals surface area contributed by atoms with Crippen LogP contribution in [0.15, 0.2) is 47.7 Å². The van der Waals surface area contributed by atoms with Gasteiger partial charge in [0, 0.05) is 40.1 Å². The van der Waals surface area contributed by atoms with Gasteiger partial charge in [-0.25, -0.2) is 0 Å². The summed E-state index contributed by atoms with van der Waals surface area (Å²) >= 11 is 13.0. The van der Waals surface area contributed by atoms with Gasteiger partial charge in [0.05, 0.1) is 5.69 Å². The third kappa shape index (κ3) is 3.59. The maximum atomic E-state index is 13.5. The lowest BCUT2D eigenvalue weighted by Gasteiger charge is -2.43. The van der Waals surface area contributed by atoms with Crippen LogP contribution in [0.3, 0.4) is 0 Å². The molecule has 0 spiro atoms. The summed E-state index contributed by atoms with van der Waals surface area (Å²) in [5.74, 6) is -0.379. The highest BCUT2D eigenvalue weighted by molar-refractivity contribution is 6.36. The van der Waals surface area contributed by atoms with E-state index in [-0.39, 0.29) is 23.5 Å². The van der Waals surface area contributed by atoms with Crippen LogP contribution in [0.5, 0.6) is 0 Å². The van der Waals surface area contributed by atoms with E-state index in [1.54, 1.807) is 23.1 Å². The molecule has 0 fully saturated rings. The molecule has 3 nitrogen and oxygen atoms in total. The number of anilines is 1. The summed E-state index contributed by atoms with van der Waals surface area (Å²) in [6.45, 7) is 8.18. The first-order valence-corrected chi connectivity index (χ1v) is 10.9. The van der Waals surface area contributed by atoms with Crippen molar-refractivity contribution in [3.05, 3.63) is 74.4 Å². The van der Waals surface area contributed by atoms with Crippen LogP contribution in [0.4, 0.5) is 5.69 Å². The Hall–Kier alpha value is -2.10. The van der Waals surface area contributed by atoms with Gasteiger partial charge in [0.25, 0.3) is 0 Å². The number of amides is 1. The van der Waals surface area contributed by atoms with Crippen LogP contribution >= 0.6 is 23.2 Å². The van der Waals surface area contributed by atoms with Crippen LogP contribution in [0.2, 0.25) is 10.0 Å². The molecule has 1 atom stereocenters. The molecule has 1 amide bonds. The van der Waals surface area contributed by atoms with Gasteiger partial charge in [-0.2, -0.15) is 0 Å². The van der Waals surface area contributed by atoms with Gasteiger partial charge in [-0.3, -0.25) is 14.5 Å². The van der Waals surface area contributed by atoms with Gasteiger partial charge in [-0.15, -0.1) is 0 Å². The van der Waals surface area contributed by atoms with Gasteiger partial charge in [-0.05, 0) is 55.0 Å². The van der Waals surface area contributed by atoms with Gasteiger partial charge in [0.2, 0.25) is 5.91 Å². The smallest absolute Gasteiger partial charge is 0.232 e. The summed E-state index contributed by atoms with van der Waals surface area (Å²) in [5, 5.41) is 0.981. The van der Waals surface area contributed by atoms with Crippen LogP contribution in [0, 0.1) is 19.3 Å². The molecule has 0 bridgehead atoms. The molecule has 1 unspecified atom stereocenters. The fourth-order valence-electron chi connectivity index (χ4n) is 4.84. The van der Waals surface area contributed by atoms with Crippen molar-refractivity contribution in [1.29, 1.82) is 0 Å². The first-order chi connectivity index (χ1) is 14.1. The molecular formula is C25H25Cl2NO2. The Morgan fingerprint density at radius 3 is 2.30 bits per heavy atom. The highest BCUT2D eigenvalue weighted by atomic mass is 35.5. The number of nitrogens with zero attached hydrogens (tertiary/aromatic N) is 1. The lowest BCUT2D eigenvalue weighted by atomic mass is 9.69. The molecule has 0 aromatic heterocycles. The number of carbonyl (C=O) groups is 2. The Labute approximate surface area is 187 Å². The van der Waals surface area contributed by atoms with Crippen molar-refractivity contribution in [1.82, 2.24) is 0 Å². The number of benzene rings is 2. The first-order valence-electron chi connectivity index (χ1n) is 10.2. The van der Waals surface area contributed by atoms with Crippen molar-refractivity contribution in [2.24, 2.45) is 5.41 Å². The molecule has 156 valence electrons. The van der Waals surface area contributed by atoms with E-state index in [1.165, 1.54) is 0 Å². The minimum absolute atomic E-state index is 0.0350. The highest BCUT2D eigenvalue weighted by Gasteiger charge is 2.45. The molecule has 30 heavy (non-hydrogen) atoms. The van der Waals surface area contributed by atoms with E-state index >= 15 is 0 Å². The molecule has 0 N–H and O–H groups in total. The zero-order valence-corrected chi connectivity index (χ0v) is 19.2. The molecule has 0 saturated carbocycles. The van der Waals surface area contributed by atoms with E-state index in [2.05, 4.69) is 19.9 Å². The van der Waals surface area contributed by atoms with Crippen molar-refractivity contribution in [2.45, 2.75) is 52.9 Å². The summed E-state index contributed by atoms with van der Waals surface area (Å²) in [6.07, 6.45) is 1.26. The Morgan fingerprint density at radius 1 is 1.00 bits per heavy atom. The SMILES string of the molecule is Cc1ccc(N2C(=O)CC(c3c(Cl)cccc3Cl)C3=C2CC(C)(C)CC3=O)c(C)c1.